The Morgan fingerprint density at radius 1 is 1.22 bits per heavy atom. The van der Waals surface area contributed by atoms with E-state index in [1.165, 1.54) is 41.7 Å². The Morgan fingerprint density at radius 2 is 1.94 bits per heavy atom. The average Bonchev–Trinajstić information content (AvgIpc) is 3.37. The molecule has 32 heavy (non-hydrogen) atoms. The number of anilines is 1. The number of para-hydroxylation sites is 1. The van der Waals surface area contributed by atoms with Crippen LogP contribution >= 0.6 is 11.3 Å². The lowest BCUT2D eigenvalue weighted by Gasteiger charge is -2.16. The Hall–Kier alpha value is -2.70. The van der Waals surface area contributed by atoms with Gasteiger partial charge in [0.15, 0.2) is 0 Å². The Balaban J connectivity index is 1.68. The van der Waals surface area contributed by atoms with Crippen LogP contribution in [0.4, 0.5) is 19.0 Å². The highest BCUT2D eigenvalue weighted by molar-refractivity contribution is 7.91. The molecule has 2 aromatic heterocycles. The molecule has 1 aromatic carbocycles. The molecule has 0 spiro atoms. The lowest BCUT2D eigenvalue weighted by Crippen LogP contribution is -2.28. The Morgan fingerprint density at radius 3 is 2.59 bits per heavy atom. The van der Waals surface area contributed by atoms with Gasteiger partial charge >= 0.3 is 6.18 Å². The summed E-state index contributed by atoms with van der Waals surface area (Å²) < 4.78 is 67.4. The maximum absolute atomic E-state index is 13.4. The molecule has 0 fully saturated rings. The summed E-state index contributed by atoms with van der Waals surface area (Å²) in [6, 6.07) is 9.57. The van der Waals surface area contributed by atoms with Gasteiger partial charge in [-0.15, -0.1) is 11.3 Å². The molecule has 172 valence electrons. The molecule has 0 saturated heterocycles. The van der Waals surface area contributed by atoms with E-state index in [1.54, 1.807) is 18.4 Å². The SMILES string of the molecule is Cc1cc(NC(=O)CCCN(C)S(=O)(=O)c2cccs2)n(-c2ccccc2C(F)(F)F)n1. The van der Waals surface area contributed by atoms with Crippen molar-refractivity contribution < 1.29 is 26.4 Å². The molecule has 2 heterocycles. The van der Waals surface area contributed by atoms with Gasteiger partial charge in [-0.25, -0.2) is 17.4 Å². The van der Waals surface area contributed by atoms with Crippen molar-refractivity contribution in [1.82, 2.24) is 14.1 Å². The monoisotopic (exact) mass is 486 g/mol. The molecule has 0 radical (unpaired) electrons. The van der Waals surface area contributed by atoms with E-state index >= 15 is 0 Å². The summed E-state index contributed by atoms with van der Waals surface area (Å²) in [4.78, 5) is 12.4. The van der Waals surface area contributed by atoms with E-state index in [0.717, 1.165) is 22.1 Å². The molecular formula is C20H21F3N4O3S2. The number of aryl methyl sites for hydroxylation is 1. The number of carbonyl (C=O) groups is 1. The fraction of sp³-hybridized carbons (Fsp3) is 0.300. The topological polar surface area (TPSA) is 84.3 Å². The van der Waals surface area contributed by atoms with Gasteiger partial charge in [0, 0.05) is 26.1 Å². The van der Waals surface area contributed by atoms with Crippen molar-refractivity contribution >= 4 is 33.1 Å². The molecule has 12 heteroatoms. The minimum atomic E-state index is -4.59. The van der Waals surface area contributed by atoms with Gasteiger partial charge in [0.05, 0.1) is 16.9 Å². The zero-order valence-corrected chi connectivity index (χ0v) is 18.9. The number of nitrogens with zero attached hydrogens (tertiary/aromatic N) is 3. The van der Waals surface area contributed by atoms with Gasteiger partial charge in [-0.05, 0) is 36.9 Å². The van der Waals surface area contributed by atoms with E-state index in [-0.39, 0.29) is 35.1 Å². The first-order valence-electron chi connectivity index (χ1n) is 9.53. The standard InChI is InChI=1S/C20H21F3N4O3S2/c1-14-13-17(27(25-14)16-8-4-3-7-15(16)20(21,22)23)24-18(28)9-5-11-26(2)32(29,30)19-10-6-12-31-19/h3-4,6-8,10,12-13H,5,9,11H2,1-2H3,(H,24,28). The van der Waals surface area contributed by atoms with Crippen LogP contribution in [0.15, 0.2) is 52.1 Å². The molecule has 0 aliphatic heterocycles. The summed E-state index contributed by atoms with van der Waals surface area (Å²) >= 11 is 1.11. The van der Waals surface area contributed by atoms with Gasteiger partial charge in [-0.3, -0.25) is 4.79 Å². The maximum Gasteiger partial charge on any atom is 0.418 e. The van der Waals surface area contributed by atoms with Gasteiger partial charge < -0.3 is 5.32 Å². The molecule has 0 bridgehead atoms. The lowest BCUT2D eigenvalue weighted by molar-refractivity contribution is -0.137. The summed E-state index contributed by atoms with van der Waals surface area (Å²) in [7, 11) is -2.18. The first kappa shape index (κ1) is 24.0. The van der Waals surface area contributed by atoms with Crippen molar-refractivity contribution in [2.24, 2.45) is 0 Å². The molecule has 1 N–H and O–H groups in total. The number of nitrogens with one attached hydrogen (secondary N) is 1. The number of rotatable bonds is 8. The van der Waals surface area contributed by atoms with Gasteiger partial charge in [-0.2, -0.15) is 18.3 Å². The number of aromatic nitrogens is 2. The van der Waals surface area contributed by atoms with Crippen LogP contribution in [0.1, 0.15) is 24.1 Å². The number of sulfonamides is 1. The zero-order valence-electron chi connectivity index (χ0n) is 17.3. The second-order valence-corrected chi connectivity index (χ2v) is 10.2. The number of benzene rings is 1. The lowest BCUT2D eigenvalue weighted by atomic mass is 10.1. The van der Waals surface area contributed by atoms with E-state index in [0.29, 0.717) is 5.69 Å². The van der Waals surface area contributed by atoms with Gasteiger partial charge in [0.25, 0.3) is 10.0 Å². The highest BCUT2D eigenvalue weighted by Gasteiger charge is 2.34. The van der Waals surface area contributed by atoms with Crippen molar-refractivity contribution in [3.05, 3.63) is 59.1 Å². The predicted molar refractivity (Wildman–Crippen MR) is 115 cm³/mol. The minimum absolute atomic E-state index is 0.0184. The molecule has 3 aromatic rings. The molecule has 0 atom stereocenters. The summed E-state index contributed by atoms with van der Waals surface area (Å²) in [5.74, 6) is -0.360. The number of amides is 1. The fourth-order valence-corrected chi connectivity index (χ4v) is 5.43. The van der Waals surface area contributed by atoms with Crippen molar-refractivity contribution in [2.45, 2.75) is 30.2 Å². The van der Waals surface area contributed by atoms with Gasteiger partial charge in [0.2, 0.25) is 5.91 Å². The van der Waals surface area contributed by atoms with E-state index in [1.807, 2.05) is 0 Å². The van der Waals surface area contributed by atoms with Crippen LogP contribution < -0.4 is 5.32 Å². The third kappa shape index (κ3) is 5.37. The van der Waals surface area contributed by atoms with Crippen molar-refractivity contribution in [3.63, 3.8) is 0 Å². The third-order valence-corrected chi connectivity index (χ3v) is 7.80. The van der Waals surface area contributed by atoms with Crippen LogP contribution in [-0.4, -0.2) is 42.0 Å². The summed E-state index contributed by atoms with van der Waals surface area (Å²) in [6.45, 7) is 1.72. The Labute approximate surface area is 187 Å². The largest absolute Gasteiger partial charge is 0.418 e. The molecule has 0 aliphatic carbocycles. The number of halogens is 3. The quantitative estimate of drug-likeness (QED) is 0.515. The van der Waals surface area contributed by atoms with E-state index in [9.17, 15) is 26.4 Å². The molecule has 0 unspecified atom stereocenters. The molecule has 0 saturated carbocycles. The predicted octanol–water partition coefficient (Wildman–Crippen LogP) is 4.30. The Kier molecular flexibility index (Phi) is 7.06. The number of alkyl halides is 3. The molecule has 7 nitrogen and oxygen atoms in total. The van der Waals surface area contributed by atoms with E-state index in [2.05, 4.69) is 10.4 Å². The molecular weight excluding hydrogens is 465 g/mol. The normalized spacial score (nSPS) is 12.3. The number of hydrogen-bond acceptors (Lipinski definition) is 5. The average molecular weight is 487 g/mol. The highest BCUT2D eigenvalue weighted by Crippen LogP contribution is 2.34. The van der Waals surface area contributed by atoms with Crippen LogP contribution in [0.25, 0.3) is 5.69 Å². The minimum Gasteiger partial charge on any atom is -0.311 e. The van der Waals surface area contributed by atoms with E-state index in [4.69, 9.17) is 0 Å². The summed E-state index contributed by atoms with van der Waals surface area (Å²) in [5, 5.41) is 8.33. The van der Waals surface area contributed by atoms with Crippen LogP contribution in [0.2, 0.25) is 0 Å². The van der Waals surface area contributed by atoms with Crippen molar-refractivity contribution in [2.75, 3.05) is 18.9 Å². The fourth-order valence-electron chi connectivity index (χ4n) is 3.02. The first-order chi connectivity index (χ1) is 15.0. The highest BCUT2D eigenvalue weighted by atomic mass is 32.2. The number of carbonyl (C=O) groups excluding carboxylic acids is 1. The van der Waals surface area contributed by atoms with Gasteiger partial charge in [-0.1, -0.05) is 18.2 Å². The van der Waals surface area contributed by atoms with E-state index < -0.39 is 27.7 Å². The van der Waals surface area contributed by atoms with Crippen LogP contribution in [0.5, 0.6) is 0 Å². The zero-order chi connectivity index (χ0) is 23.5. The first-order valence-corrected chi connectivity index (χ1v) is 11.8. The molecule has 0 aliphatic rings. The van der Waals surface area contributed by atoms with Crippen LogP contribution in [0.3, 0.4) is 0 Å². The van der Waals surface area contributed by atoms with Crippen LogP contribution in [-0.2, 0) is 21.0 Å². The molecule has 1 amide bonds. The second kappa shape index (κ2) is 9.43. The van der Waals surface area contributed by atoms with Crippen molar-refractivity contribution in [1.29, 1.82) is 0 Å². The third-order valence-electron chi connectivity index (χ3n) is 4.57. The van der Waals surface area contributed by atoms with Crippen molar-refractivity contribution in [3.8, 4) is 5.69 Å². The summed E-state index contributed by atoms with van der Waals surface area (Å²) in [5.41, 5.74) is -0.650. The molecule has 3 rings (SSSR count). The van der Waals surface area contributed by atoms with Gasteiger partial charge in [0.1, 0.15) is 10.0 Å². The summed E-state index contributed by atoms with van der Waals surface area (Å²) in [6.07, 6.45) is -4.37. The van der Waals surface area contributed by atoms with Crippen LogP contribution in [0, 0.1) is 6.92 Å². The maximum atomic E-state index is 13.4. The Bertz CT molecular complexity index is 1190. The number of thiophene rings is 1. The second-order valence-electron chi connectivity index (χ2n) is 7.01. The number of hydrogen-bond donors (Lipinski definition) is 1. The smallest absolute Gasteiger partial charge is 0.311 e.